The molecule has 0 spiro atoms. The molecule has 1 aromatic heterocycles. The van der Waals surface area contributed by atoms with E-state index in [2.05, 4.69) is 11.9 Å². The lowest BCUT2D eigenvalue weighted by molar-refractivity contribution is 0.282. The van der Waals surface area contributed by atoms with Gasteiger partial charge in [-0.25, -0.2) is 0 Å². The third-order valence-corrected chi connectivity index (χ3v) is 4.33. The Bertz CT molecular complexity index is 259. The molecule has 0 unspecified atom stereocenters. The first kappa shape index (κ1) is 23.1. The van der Waals surface area contributed by atoms with Gasteiger partial charge in [-0.05, 0) is 18.6 Å². The van der Waals surface area contributed by atoms with Crippen molar-refractivity contribution in [2.75, 3.05) is 6.61 Å². The quantitative estimate of drug-likeness (QED) is 0.352. The maximum absolute atomic E-state index is 8.66. The minimum atomic E-state index is 0.373. The van der Waals surface area contributed by atoms with Crippen LogP contribution in [0.3, 0.4) is 0 Å². The highest BCUT2D eigenvalue weighted by Crippen LogP contribution is 2.13. The van der Waals surface area contributed by atoms with Gasteiger partial charge in [0.15, 0.2) is 0 Å². The smallest absolute Gasteiger partial charge is 0.0431 e. The average Bonchev–Trinajstić information content (AvgIpc) is 2.64. The predicted octanol–water partition coefficient (Wildman–Crippen LogP) is 6.93. The molecule has 1 rings (SSSR count). The van der Waals surface area contributed by atoms with Crippen LogP contribution in [-0.4, -0.2) is 16.7 Å². The van der Waals surface area contributed by atoms with Gasteiger partial charge in [0, 0.05) is 19.0 Å². The topological polar surface area (TPSA) is 33.1 Å². The molecule has 0 atom stereocenters. The third kappa shape index (κ3) is 21.1. The minimum Gasteiger partial charge on any atom is -0.396 e. The highest BCUT2D eigenvalue weighted by atomic mass is 16.2. The number of aliphatic hydroxyl groups excluding tert-OH is 1. The zero-order chi connectivity index (χ0) is 17.6. The van der Waals surface area contributed by atoms with Crippen LogP contribution in [0.15, 0.2) is 30.6 Å². The van der Waals surface area contributed by atoms with Crippen LogP contribution in [0, 0.1) is 0 Å². The first-order valence-corrected chi connectivity index (χ1v) is 10.4. The molecule has 2 heteroatoms. The number of hydrogen-bond acceptors (Lipinski definition) is 2. The summed E-state index contributed by atoms with van der Waals surface area (Å²) in [5.74, 6) is 0. The summed E-state index contributed by atoms with van der Waals surface area (Å²) in [7, 11) is 0. The van der Waals surface area contributed by atoms with E-state index >= 15 is 0 Å². The van der Waals surface area contributed by atoms with E-state index in [0.29, 0.717) is 6.61 Å². The molecule has 0 aromatic carbocycles. The van der Waals surface area contributed by atoms with Crippen LogP contribution >= 0.6 is 0 Å². The number of pyridine rings is 1. The molecule has 0 fully saturated rings. The van der Waals surface area contributed by atoms with Crippen molar-refractivity contribution in [1.82, 2.24) is 4.98 Å². The Morgan fingerprint density at radius 1 is 0.542 bits per heavy atom. The maximum Gasteiger partial charge on any atom is 0.0431 e. The molecule has 0 aliphatic heterocycles. The van der Waals surface area contributed by atoms with Crippen LogP contribution in [0.1, 0.15) is 103 Å². The van der Waals surface area contributed by atoms with Crippen molar-refractivity contribution in [3.05, 3.63) is 30.6 Å². The van der Waals surface area contributed by atoms with Crippen molar-refractivity contribution in [2.45, 2.75) is 103 Å². The van der Waals surface area contributed by atoms with Gasteiger partial charge in [0.25, 0.3) is 0 Å². The number of nitrogens with zero attached hydrogens (tertiary/aromatic N) is 1. The second-order valence-electron chi connectivity index (χ2n) is 6.70. The molecule has 24 heavy (non-hydrogen) atoms. The zero-order valence-electron chi connectivity index (χ0n) is 16.1. The summed E-state index contributed by atoms with van der Waals surface area (Å²) in [6.07, 6.45) is 24.2. The molecule has 0 saturated carbocycles. The number of hydrogen-bond donors (Lipinski definition) is 1. The lowest BCUT2D eigenvalue weighted by Crippen LogP contribution is -1.85. The SMILES string of the molecule is CCCCCCCCCCCCCCCCCO.c1ccncc1. The van der Waals surface area contributed by atoms with E-state index in [9.17, 15) is 0 Å². The molecule has 0 bridgehead atoms. The van der Waals surface area contributed by atoms with E-state index in [1.807, 2.05) is 18.2 Å². The van der Waals surface area contributed by atoms with Crippen molar-refractivity contribution in [1.29, 1.82) is 0 Å². The van der Waals surface area contributed by atoms with Crippen LogP contribution in [0.4, 0.5) is 0 Å². The number of aliphatic hydroxyl groups is 1. The molecule has 140 valence electrons. The van der Waals surface area contributed by atoms with Gasteiger partial charge in [0.1, 0.15) is 0 Å². The maximum atomic E-state index is 8.66. The van der Waals surface area contributed by atoms with E-state index in [1.54, 1.807) is 12.4 Å². The van der Waals surface area contributed by atoms with Crippen LogP contribution in [0.5, 0.6) is 0 Å². The Kier molecular flexibility index (Phi) is 21.3. The fourth-order valence-corrected chi connectivity index (χ4v) is 2.80. The minimum absolute atomic E-state index is 0.373. The molecule has 0 radical (unpaired) electrons. The van der Waals surface area contributed by atoms with Crippen molar-refractivity contribution >= 4 is 0 Å². The van der Waals surface area contributed by atoms with E-state index in [0.717, 1.165) is 6.42 Å². The number of unbranched alkanes of at least 4 members (excludes halogenated alkanes) is 14. The molecule has 0 amide bonds. The lowest BCUT2D eigenvalue weighted by Gasteiger charge is -2.02. The van der Waals surface area contributed by atoms with Crippen LogP contribution in [-0.2, 0) is 0 Å². The summed E-state index contributed by atoms with van der Waals surface area (Å²) >= 11 is 0. The number of aromatic nitrogens is 1. The lowest BCUT2D eigenvalue weighted by atomic mass is 10.0. The largest absolute Gasteiger partial charge is 0.396 e. The summed E-state index contributed by atoms with van der Waals surface area (Å²) in [6.45, 7) is 2.65. The monoisotopic (exact) mass is 335 g/mol. The Labute approximate surface area is 151 Å². The van der Waals surface area contributed by atoms with E-state index in [1.165, 1.54) is 89.9 Å². The fourth-order valence-electron chi connectivity index (χ4n) is 2.80. The van der Waals surface area contributed by atoms with Crippen LogP contribution < -0.4 is 0 Å². The van der Waals surface area contributed by atoms with E-state index < -0.39 is 0 Å². The van der Waals surface area contributed by atoms with Gasteiger partial charge in [-0.15, -0.1) is 0 Å². The van der Waals surface area contributed by atoms with Gasteiger partial charge in [0.05, 0.1) is 0 Å². The first-order chi connectivity index (χ1) is 11.9. The van der Waals surface area contributed by atoms with E-state index in [4.69, 9.17) is 5.11 Å². The molecular weight excluding hydrogens is 294 g/mol. The summed E-state index contributed by atoms with van der Waals surface area (Å²) in [4.78, 5) is 3.78. The van der Waals surface area contributed by atoms with Crippen molar-refractivity contribution in [3.8, 4) is 0 Å². The van der Waals surface area contributed by atoms with Gasteiger partial charge in [0.2, 0.25) is 0 Å². The Morgan fingerprint density at radius 3 is 1.17 bits per heavy atom. The fraction of sp³-hybridized carbons (Fsp3) is 0.773. The molecular formula is C22H41NO. The summed E-state index contributed by atoms with van der Waals surface area (Å²) < 4.78 is 0. The van der Waals surface area contributed by atoms with Gasteiger partial charge in [-0.3, -0.25) is 4.98 Å². The predicted molar refractivity (Wildman–Crippen MR) is 106 cm³/mol. The van der Waals surface area contributed by atoms with Crippen LogP contribution in [0.25, 0.3) is 0 Å². The number of rotatable bonds is 15. The van der Waals surface area contributed by atoms with Gasteiger partial charge < -0.3 is 5.11 Å². The van der Waals surface area contributed by atoms with E-state index in [-0.39, 0.29) is 0 Å². The van der Waals surface area contributed by atoms with Crippen LogP contribution in [0.2, 0.25) is 0 Å². The Hall–Kier alpha value is -0.890. The summed E-state index contributed by atoms with van der Waals surface area (Å²) in [5, 5.41) is 8.66. The molecule has 2 nitrogen and oxygen atoms in total. The molecule has 0 saturated heterocycles. The first-order valence-electron chi connectivity index (χ1n) is 10.4. The van der Waals surface area contributed by atoms with Crippen molar-refractivity contribution in [3.63, 3.8) is 0 Å². The van der Waals surface area contributed by atoms with Gasteiger partial charge in [-0.1, -0.05) is 103 Å². The second kappa shape index (κ2) is 22.1. The third-order valence-electron chi connectivity index (χ3n) is 4.33. The summed E-state index contributed by atoms with van der Waals surface area (Å²) in [6, 6.07) is 5.72. The molecule has 1 heterocycles. The highest BCUT2D eigenvalue weighted by molar-refractivity contribution is 4.88. The van der Waals surface area contributed by atoms with Gasteiger partial charge in [-0.2, -0.15) is 0 Å². The molecule has 0 aliphatic rings. The summed E-state index contributed by atoms with van der Waals surface area (Å²) in [5.41, 5.74) is 0. The zero-order valence-corrected chi connectivity index (χ0v) is 16.1. The molecule has 0 aliphatic carbocycles. The van der Waals surface area contributed by atoms with Crippen molar-refractivity contribution in [2.24, 2.45) is 0 Å². The standard InChI is InChI=1S/C17H36O.C5H5N/c1-2-3-4-5-6-7-8-9-10-11-12-13-14-15-16-17-18;1-2-4-6-5-3-1/h18H,2-17H2,1H3;1-5H. The Balaban J connectivity index is 0.000000728. The van der Waals surface area contributed by atoms with Gasteiger partial charge >= 0.3 is 0 Å². The molecule has 1 aromatic rings. The molecule has 1 N–H and O–H groups in total. The highest BCUT2D eigenvalue weighted by Gasteiger charge is 1.93. The Morgan fingerprint density at radius 2 is 0.917 bits per heavy atom. The van der Waals surface area contributed by atoms with Crippen molar-refractivity contribution < 1.29 is 5.11 Å². The average molecular weight is 336 g/mol. The second-order valence-corrected chi connectivity index (χ2v) is 6.70. The normalized spacial score (nSPS) is 10.2.